The minimum Gasteiger partial charge on any atom is -0.462 e. The third kappa shape index (κ3) is 5.55. The summed E-state index contributed by atoms with van der Waals surface area (Å²) in [5.74, 6) is 0.0206. The Morgan fingerprint density at radius 1 is 1.09 bits per heavy atom. The van der Waals surface area contributed by atoms with Crippen LogP contribution in [-0.2, 0) is 17.6 Å². The molecule has 1 saturated heterocycles. The van der Waals surface area contributed by atoms with Crippen molar-refractivity contribution in [1.29, 1.82) is 0 Å². The van der Waals surface area contributed by atoms with Crippen LogP contribution in [0, 0.1) is 5.92 Å². The van der Waals surface area contributed by atoms with Gasteiger partial charge in [-0.1, -0.05) is 18.2 Å². The van der Waals surface area contributed by atoms with E-state index in [0.29, 0.717) is 48.3 Å². The molecule has 0 bridgehead atoms. The van der Waals surface area contributed by atoms with Gasteiger partial charge in [-0.3, -0.25) is 10.1 Å². The number of hydrogen-bond acceptors (Lipinski definition) is 5. The van der Waals surface area contributed by atoms with Gasteiger partial charge >= 0.3 is 12.0 Å². The zero-order valence-electron chi connectivity index (χ0n) is 19.0. The summed E-state index contributed by atoms with van der Waals surface area (Å²) < 4.78 is 5.25. The van der Waals surface area contributed by atoms with Crippen molar-refractivity contribution < 1.29 is 19.1 Å². The Hall–Kier alpha value is -2.87. The summed E-state index contributed by atoms with van der Waals surface area (Å²) in [7, 11) is 0. The molecule has 3 amide bonds. The van der Waals surface area contributed by atoms with Gasteiger partial charge in [0, 0.05) is 30.1 Å². The first kappa shape index (κ1) is 23.3. The summed E-state index contributed by atoms with van der Waals surface area (Å²) in [5.41, 5.74) is 2.28. The van der Waals surface area contributed by atoms with Gasteiger partial charge in [0.1, 0.15) is 5.00 Å². The highest BCUT2D eigenvalue weighted by molar-refractivity contribution is 7.17. The summed E-state index contributed by atoms with van der Waals surface area (Å²) in [6.45, 7) is 4.01. The fourth-order valence-corrected chi connectivity index (χ4v) is 5.83. The quantitative estimate of drug-likeness (QED) is 0.611. The number of thiophene rings is 1. The molecule has 8 heteroatoms. The molecule has 2 aromatic rings. The van der Waals surface area contributed by atoms with Crippen molar-refractivity contribution in [2.45, 2.75) is 45.4 Å². The van der Waals surface area contributed by atoms with E-state index in [1.807, 2.05) is 35.2 Å². The van der Waals surface area contributed by atoms with Crippen LogP contribution in [0.2, 0.25) is 0 Å². The molecule has 0 unspecified atom stereocenters. The molecule has 1 aliphatic carbocycles. The first-order valence-electron chi connectivity index (χ1n) is 11.8. The number of nitrogens with zero attached hydrogens (tertiary/aromatic N) is 1. The lowest BCUT2D eigenvalue weighted by Gasteiger charge is -2.32. The second-order valence-electron chi connectivity index (χ2n) is 8.57. The van der Waals surface area contributed by atoms with E-state index in [1.165, 1.54) is 16.2 Å². The smallest absolute Gasteiger partial charge is 0.341 e. The molecule has 0 atom stereocenters. The Bertz CT molecular complexity index is 997. The average molecular weight is 470 g/mol. The van der Waals surface area contributed by atoms with Gasteiger partial charge in [-0.25, -0.2) is 9.59 Å². The molecule has 1 fully saturated rings. The molecule has 2 heterocycles. The molecule has 0 radical (unpaired) electrons. The van der Waals surface area contributed by atoms with Crippen molar-refractivity contribution in [3.8, 4) is 0 Å². The molecule has 176 valence electrons. The number of amides is 3. The number of anilines is 1. The molecule has 0 saturated carbocycles. The Balaban J connectivity index is 1.29. The van der Waals surface area contributed by atoms with E-state index in [2.05, 4.69) is 10.6 Å². The summed E-state index contributed by atoms with van der Waals surface area (Å²) in [4.78, 5) is 40.8. The second kappa shape index (κ2) is 10.8. The molecule has 4 rings (SSSR count). The number of carbonyl (C=O) groups is 3. The van der Waals surface area contributed by atoms with E-state index in [0.717, 1.165) is 44.1 Å². The molecule has 33 heavy (non-hydrogen) atoms. The van der Waals surface area contributed by atoms with Gasteiger partial charge in [-0.05, 0) is 69.1 Å². The van der Waals surface area contributed by atoms with Crippen molar-refractivity contribution >= 4 is 34.2 Å². The third-order valence-electron chi connectivity index (χ3n) is 6.35. The minimum atomic E-state index is -0.359. The highest BCUT2D eigenvalue weighted by Gasteiger charge is 2.28. The standard InChI is InChI=1S/C25H31N3O4S/c1-2-32-24(30)21-19-10-6-7-11-20(19)33-22(21)27-25(31)26-16-17-12-14-28(15-13-17)23(29)18-8-4-3-5-9-18/h3-5,8-9,17H,2,6-7,10-16H2,1H3,(H2,26,27,31). The van der Waals surface area contributed by atoms with E-state index in [4.69, 9.17) is 4.74 Å². The lowest BCUT2D eigenvalue weighted by molar-refractivity contribution is 0.0526. The van der Waals surface area contributed by atoms with E-state index in [9.17, 15) is 14.4 Å². The second-order valence-corrected chi connectivity index (χ2v) is 9.68. The highest BCUT2D eigenvalue weighted by Crippen LogP contribution is 2.38. The van der Waals surface area contributed by atoms with Crippen LogP contribution in [0.25, 0.3) is 0 Å². The van der Waals surface area contributed by atoms with Crippen molar-refractivity contribution in [1.82, 2.24) is 10.2 Å². The minimum absolute atomic E-state index is 0.0629. The maximum Gasteiger partial charge on any atom is 0.341 e. The normalized spacial score (nSPS) is 16.1. The van der Waals surface area contributed by atoms with Crippen LogP contribution >= 0.6 is 11.3 Å². The predicted molar refractivity (Wildman–Crippen MR) is 129 cm³/mol. The van der Waals surface area contributed by atoms with Crippen molar-refractivity contribution in [3.05, 3.63) is 51.9 Å². The number of urea groups is 1. The van der Waals surface area contributed by atoms with Crippen LogP contribution in [0.1, 0.15) is 63.8 Å². The van der Waals surface area contributed by atoms with Crippen LogP contribution in [0.5, 0.6) is 0 Å². The van der Waals surface area contributed by atoms with Crippen LogP contribution in [0.4, 0.5) is 9.80 Å². The lowest BCUT2D eigenvalue weighted by atomic mass is 9.95. The number of piperidine rings is 1. The fraction of sp³-hybridized carbons (Fsp3) is 0.480. The Morgan fingerprint density at radius 3 is 2.55 bits per heavy atom. The topological polar surface area (TPSA) is 87.7 Å². The maximum absolute atomic E-state index is 12.6. The molecule has 2 aliphatic rings. The van der Waals surface area contributed by atoms with Gasteiger partial charge < -0.3 is 15.0 Å². The number of carbonyl (C=O) groups excluding carboxylic acids is 3. The van der Waals surface area contributed by atoms with Crippen LogP contribution < -0.4 is 10.6 Å². The number of likely N-dealkylation sites (tertiary alicyclic amines) is 1. The number of nitrogens with one attached hydrogen (secondary N) is 2. The predicted octanol–water partition coefficient (Wildman–Crippen LogP) is 4.48. The van der Waals surface area contributed by atoms with Crippen molar-refractivity contribution in [3.63, 3.8) is 0 Å². The molecular weight excluding hydrogens is 438 g/mol. The number of aryl methyl sites for hydroxylation is 1. The molecule has 2 N–H and O–H groups in total. The first-order chi connectivity index (χ1) is 16.1. The van der Waals surface area contributed by atoms with Gasteiger partial charge in [0.25, 0.3) is 5.91 Å². The van der Waals surface area contributed by atoms with Crippen LogP contribution in [0.15, 0.2) is 30.3 Å². The molecular formula is C25H31N3O4S. The molecule has 7 nitrogen and oxygen atoms in total. The third-order valence-corrected chi connectivity index (χ3v) is 7.56. The van der Waals surface area contributed by atoms with Gasteiger partial charge in [0.15, 0.2) is 0 Å². The van der Waals surface area contributed by atoms with Gasteiger partial charge in [-0.2, -0.15) is 0 Å². The zero-order valence-corrected chi connectivity index (χ0v) is 19.8. The fourth-order valence-electron chi connectivity index (χ4n) is 4.56. The number of hydrogen-bond donors (Lipinski definition) is 2. The van der Waals surface area contributed by atoms with Gasteiger partial charge in [-0.15, -0.1) is 11.3 Å². The van der Waals surface area contributed by atoms with Crippen LogP contribution in [-0.4, -0.2) is 49.0 Å². The average Bonchev–Trinajstić information content (AvgIpc) is 3.21. The van der Waals surface area contributed by atoms with E-state index in [-0.39, 0.29) is 17.9 Å². The van der Waals surface area contributed by atoms with E-state index < -0.39 is 0 Å². The summed E-state index contributed by atoms with van der Waals surface area (Å²) in [6.07, 6.45) is 5.64. The Morgan fingerprint density at radius 2 is 1.82 bits per heavy atom. The van der Waals surface area contributed by atoms with E-state index in [1.54, 1.807) is 6.92 Å². The van der Waals surface area contributed by atoms with Gasteiger partial charge in [0.05, 0.1) is 12.2 Å². The SMILES string of the molecule is CCOC(=O)c1c(NC(=O)NCC2CCN(C(=O)c3ccccc3)CC2)sc2c1CCCC2. The number of esters is 1. The van der Waals surface area contributed by atoms with Crippen molar-refractivity contribution in [2.24, 2.45) is 5.92 Å². The molecule has 1 aromatic carbocycles. The largest absolute Gasteiger partial charge is 0.462 e. The molecule has 1 aliphatic heterocycles. The van der Waals surface area contributed by atoms with Crippen molar-refractivity contribution in [2.75, 3.05) is 31.6 Å². The maximum atomic E-state index is 12.6. The summed E-state index contributed by atoms with van der Waals surface area (Å²) in [6, 6.07) is 9.03. The summed E-state index contributed by atoms with van der Waals surface area (Å²) >= 11 is 1.49. The van der Waals surface area contributed by atoms with Gasteiger partial charge in [0.2, 0.25) is 0 Å². The molecule has 1 aromatic heterocycles. The number of rotatable bonds is 6. The van der Waals surface area contributed by atoms with E-state index >= 15 is 0 Å². The number of fused-ring (bicyclic) bond motifs is 1. The monoisotopic (exact) mass is 469 g/mol. The number of benzene rings is 1. The number of ether oxygens (including phenoxy) is 1. The van der Waals surface area contributed by atoms with Crippen LogP contribution in [0.3, 0.4) is 0 Å². The first-order valence-corrected chi connectivity index (χ1v) is 12.6. The zero-order chi connectivity index (χ0) is 23.2. The molecule has 0 spiro atoms. The lowest BCUT2D eigenvalue weighted by Crippen LogP contribution is -2.42. The highest BCUT2D eigenvalue weighted by atomic mass is 32.1. The Kier molecular flexibility index (Phi) is 7.65. The summed E-state index contributed by atoms with van der Waals surface area (Å²) in [5, 5.41) is 6.44. The Labute approximate surface area is 198 Å².